The molecule has 0 saturated heterocycles. The van der Waals surface area contributed by atoms with E-state index in [4.69, 9.17) is 4.74 Å². The standard InChI is InChI=1S/C14H22N4O/c1-11-13(8-15-2)9-16-14(17-11)18-6-4-12(5-7-18)10-19-3/h4,9,15H,5-8,10H2,1-3H3. The zero-order chi connectivity index (χ0) is 13.7. The van der Waals surface area contributed by atoms with Gasteiger partial charge >= 0.3 is 0 Å². The van der Waals surface area contributed by atoms with Crippen LogP contribution in [0.25, 0.3) is 0 Å². The second kappa shape index (κ2) is 6.63. The summed E-state index contributed by atoms with van der Waals surface area (Å²) in [6.45, 7) is 5.40. The summed E-state index contributed by atoms with van der Waals surface area (Å²) in [4.78, 5) is 11.3. The van der Waals surface area contributed by atoms with Crippen molar-refractivity contribution in [1.82, 2.24) is 15.3 Å². The molecule has 104 valence electrons. The van der Waals surface area contributed by atoms with Crippen molar-refractivity contribution in [3.8, 4) is 0 Å². The molecule has 5 nitrogen and oxygen atoms in total. The lowest BCUT2D eigenvalue weighted by Crippen LogP contribution is -2.31. The monoisotopic (exact) mass is 262 g/mol. The van der Waals surface area contributed by atoms with Crippen LogP contribution in [0.2, 0.25) is 0 Å². The van der Waals surface area contributed by atoms with Crippen molar-refractivity contribution in [2.24, 2.45) is 0 Å². The van der Waals surface area contributed by atoms with Gasteiger partial charge in [0.25, 0.3) is 0 Å². The fraction of sp³-hybridized carbons (Fsp3) is 0.571. The number of anilines is 1. The van der Waals surface area contributed by atoms with E-state index in [1.165, 1.54) is 5.57 Å². The Kier molecular flexibility index (Phi) is 4.87. The number of nitrogens with one attached hydrogen (secondary N) is 1. The fourth-order valence-electron chi connectivity index (χ4n) is 2.21. The van der Waals surface area contributed by atoms with Crippen molar-refractivity contribution in [2.75, 3.05) is 38.8 Å². The molecule has 2 heterocycles. The number of rotatable bonds is 5. The van der Waals surface area contributed by atoms with Gasteiger partial charge in [-0.2, -0.15) is 0 Å². The molecular formula is C14H22N4O. The molecular weight excluding hydrogens is 240 g/mol. The highest BCUT2D eigenvalue weighted by Crippen LogP contribution is 2.17. The first kappa shape index (κ1) is 14.0. The van der Waals surface area contributed by atoms with Gasteiger partial charge in [-0.1, -0.05) is 6.08 Å². The quantitative estimate of drug-likeness (QED) is 0.810. The van der Waals surface area contributed by atoms with Crippen molar-refractivity contribution >= 4 is 5.95 Å². The van der Waals surface area contributed by atoms with Crippen LogP contribution in [-0.2, 0) is 11.3 Å². The highest BCUT2D eigenvalue weighted by atomic mass is 16.5. The number of aryl methyl sites for hydroxylation is 1. The van der Waals surface area contributed by atoms with E-state index in [0.29, 0.717) is 0 Å². The Bertz CT molecular complexity index is 459. The third-order valence-corrected chi connectivity index (χ3v) is 3.35. The molecule has 5 heteroatoms. The number of methoxy groups -OCH3 is 1. The molecule has 0 bridgehead atoms. The molecule has 0 saturated carbocycles. The first-order chi connectivity index (χ1) is 9.24. The van der Waals surface area contributed by atoms with E-state index in [9.17, 15) is 0 Å². The molecule has 0 atom stereocenters. The molecule has 0 spiro atoms. The predicted molar refractivity (Wildman–Crippen MR) is 76.3 cm³/mol. The Morgan fingerprint density at radius 3 is 2.89 bits per heavy atom. The van der Waals surface area contributed by atoms with Crippen LogP contribution in [0.15, 0.2) is 17.8 Å². The molecule has 0 unspecified atom stereocenters. The summed E-state index contributed by atoms with van der Waals surface area (Å²) in [6.07, 6.45) is 5.16. The SMILES string of the molecule is CNCc1cnc(N2CC=C(COC)CC2)nc1C. The first-order valence-electron chi connectivity index (χ1n) is 6.63. The Morgan fingerprint density at radius 2 is 2.32 bits per heavy atom. The Hall–Kier alpha value is -1.46. The summed E-state index contributed by atoms with van der Waals surface area (Å²) in [7, 11) is 3.67. The summed E-state index contributed by atoms with van der Waals surface area (Å²) in [6, 6.07) is 0. The van der Waals surface area contributed by atoms with Gasteiger partial charge in [0.15, 0.2) is 0 Å². The van der Waals surface area contributed by atoms with Gasteiger partial charge in [0, 0.05) is 44.2 Å². The van der Waals surface area contributed by atoms with E-state index in [-0.39, 0.29) is 0 Å². The van der Waals surface area contributed by atoms with Gasteiger partial charge in [0.05, 0.1) is 6.61 Å². The summed E-state index contributed by atoms with van der Waals surface area (Å²) in [5.41, 5.74) is 3.56. The Morgan fingerprint density at radius 1 is 1.47 bits per heavy atom. The minimum atomic E-state index is 0.731. The summed E-state index contributed by atoms with van der Waals surface area (Å²) < 4.78 is 5.16. The van der Waals surface area contributed by atoms with Crippen LogP contribution in [0.4, 0.5) is 5.95 Å². The molecule has 1 N–H and O–H groups in total. The van der Waals surface area contributed by atoms with E-state index in [0.717, 1.165) is 49.9 Å². The number of nitrogens with zero attached hydrogens (tertiary/aromatic N) is 3. The smallest absolute Gasteiger partial charge is 0.225 e. The molecule has 1 aromatic heterocycles. The van der Waals surface area contributed by atoms with Crippen LogP contribution >= 0.6 is 0 Å². The maximum absolute atomic E-state index is 5.16. The van der Waals surface area contributed by atoms with Crippen molar-refractivity contribution in [2.45, 2.75) is 19.9 Å². The molecule has 1 aromatic rings. The average Bonchev–Trinajstić information content (AvgIpc) is 2.43. The molecule has 1 aliphatic rings. The van der Waals surface area contributed by atoms with Crippen molar-refractivity contribution in [3.05, 3.63) is 29.1 Å². The second-order valence-electron chi connectivity index (χ2n) is 4.80. The van der Waals surface area contributed by atoms with Crippen molar-refractivity contribution in [3.63, 3.8) is 0 Å². The maximum Gasteiger partial charge on any atom is 0.225 e. The van der Waals surface area contributed by atoms with Gasteiger partial charge in [0.1, 0.15) is 0 Å². The average molecular weight is 262 g/mol. The van der Waals surface area contributed by atoms with Gasteiger partial charge in [-0.3, -0.25) is 0 Å². The third-order valence-electron chi connectivity index (χ3n) is 3.35. The summed E-state index contributed by atoms with van der Waals surface area (Å²) >= 11 is 0. The van der Waals surface area contributed by atoms with Gasteiger partial charge < -0.3 is 15.0 Å². The van der Waals surface area contributed by atoms with Crippen LogP contribution in [0.3, 0.4) is 0 Å². The minimum Gasteiger partial charge on any atom is -0.380 e. The van der Waals surface area contributed by atoms with E-state index in [2.05, 4.69) is 26.3 Å². The zero-order valence-electron chi connectivity index (χ0n) is 11.9. The van der Waals surface area contributed by atoms with Crippen LogP contribution in [-0.4, -0.2) is 43.8 Å². The number of hydrogen-bond acceptors (Lipinski definition) is 5. The van der Waals surface area contributed by atoms with E-state index < -0.39 is 0 Å². The molecule has 0 aromatic carbocycles. The second-order valence-corrected chi connectivity index (χ2v) is 4.80. The maximum atomic E-state index is 5.16. The summed E-state index contributed by atoms with van der Waals surface area (Å²) in [5.74, 6) is 0.824. The van der Waals surface area contributed by atoms with Crippen LogP contribution in [0.1, 0.15) is 17.7 Å². The highest BCUT2D eigenvalue weighted by molar-refractivity contribution is 5.36. The van der Waals surface area contributed by atoms with Gasteiger partial charge in [-0.15, -0.1) is 0 Å². The van der Waals surface area contributed by atoms with Crippen molar-refractivity contribution in [1.29, 1.82) is 0 Å². The topological polar surface area (TPSA) is 50.3 Å². The van der Waals surface area contributed by atoms with Crippen LogP contribution < -0.4 is 10.2 Å². The molecule has 2 rings (SSSR count). The first-order valence-corrected chi connectivity index (χ1v) is 6.63. The lowest BCUT2D eigenvalue weighted by atomic mass is 10.1. The fourth-order valence-corrected chi connectivity index (χ4v) is 2.21. The molecule has 0 fully saturated rings. The molecule has 0 aliphatic carbocycles. The highest BCUT2D eigenvalue weighted by Gasteiger charge is 2.15. The number of ether oxygens (including phenoxy) is 1. The lowest BCUT2D eigenvalue weighted by molar-refractivity contribution is 0.222. The van der Waals surface area contributed by atoms with Gasteiger partial charge in [-0.25, -0.2) is 9.97 Å². The molecule has 19 heavy (non-hydrogen) atoms. The van der Waals surface area contributed by atoms with E-state index in [1.54, 1.807) is 7.11 Å². The Balaban J connectivity index is 2.05. The molecule has 0 amide bonds. The summed E-state index contributed by atoms with van der Waals surface area (Å²) in [5, 5.41) is 3.13. The van der Waals surface area contributed by atoms with Crippen LogP contribution in [0, 0.1) is 6.92 Å². The lowest BCUT2D eigenvalue weighted by Gasteiger charge is -2.26. The normalized spacial score (nSPS) is 15.5. The molecule has 1 aliphatic heterocycles. The number of hydrogen-bond donors (Lipinski definition) is 1. The largest absolute Gasteiger partial charge is 0.380 e. The van der Waals surface area contributed by atoms with Gasteiger partial charge in [0.2, 0.25) is 5.95 Å². The van der Waals surface area contributed by atoms with Crippen LogP contribution in [0.5, 0.6) is 0 Å². The van der Waals surface area contributed by atoms with Gasteiger partial charge in [-0.05, 0) is 26.0 Å². The predicted octanol–water partition coefficient (Wildman–Crippen LogP) is 1.29. The van der Waals surface area contributed by atoms with Crippen molar-refractivity contribution < 1.29 is 4.74 Å². The zero-order valence-corrected chi connectivity index (χ0v) is 11.9. The number of aromatic nitrogens is 2. The minimum absolute atomic E-state index is 0.731. The van der Waals surface area contributed by atoms with E-state index in [1.807, 2.05) is 20.2 Å². The Labute approximate surface area is 114 Å². The molecule has 0 radical (unpaired) electrons. The third kappa shape index (κ3) is 3.52. The van der Waals surface area contributed by atoms with E-state index >= 15 is 0 Å².